The molecular formula is C17H28N2O2. The van der Waals surface area contributed by atoms with E-state index in [0.717, 1.165) is 0 Å². The molecule has 0 saturated heterocycles. The van der Waals surface area contributed by atoms with E-state index in [1.165, 1.54) is 5.56 Å². The summed E-state index contributed by atoms with van der Waals surface area (Å²) in [6.45, 7) is 9.01. The van der Waals surface area contributed by atoms with Gasteiger partial charge in [-0.2, -0.15) is 0 Å². The minimum atomic E-state index is -0.156. The van der Waals surface area contributed by atoms with Crippen LogP contribution in [0.15, 0.2) is 30.3 Å². The van der Waals surface area contributed by atoms with Crippen molar-refractivity contribution in [2.45, 2.75) is 45.6 Å². The second-order valence-electron chi connectivity index (χ2n) is 6.28. The summed E-state index contributed by atoms with van der Waals surface area (Å²) in [7, 11) is 0. The summed E-state index contributed by atoms with van der Waals surface area (Å²) in [5.74, 6) is 0.276. The van der Waals surface area contributed by atoms with E-state index in [1.54, 1.807) is 0 Å². The Morgan fingerprint density at radius 3 is 2.43 bits per heavy atom. The Morgan fingerprint density at radius 1 is 1.24 bits per heavy atom. The van der Waals surface area contributed by atoms with Gasteiger partial charge in [0.2, 0.25) is 0 Å². The van der Waals surface area contributed by atoms with Crippen molar-refractivity contribution in [3.8, 4) is 0 Å². The van der Waals surface area contributed by atoms with E-state index < -0.39 is 0 Å². The molecule has 0 saturated carbocycles. The van der Waals surface area contributed by atoms with Crippen molar-refractivity contribution in [1.82, 2.24) is 10.6 Å². The van der Waals surface area contributed by atoms with Gasteiger partial charge in [0.1, 0.15) is 0 Å². The van der Waals surface area contributed by atoms with Crippen LogP contribution in [-0.2, 0) is 5.41 Å². The molecule has 0 aliphatic carbocycles. The lowest BCUT2D eigenvalue weighted by atomic mass is 9.78. The summed E-state index contributed by atoms with van der Waals surface area (Å²) in [5, 5.41) is 14.7. The molecule has 0 radical (unpaired) electrons. The fourth-order valence-electron chi connectivity index (χ4n) is 2.14. The summed E-state index contributed by atoms with van der Waals surface area (Å²) < 4.78 is 0. The van der Waals surface area contributed by atoms with Gasteiger partial charge in [0.15, 0.2) is 0 Å². The Kier molecular flexibility index (Phi) is 6.69. The van der Waals surface area contributed by atoms with Crippen LogP contribution in [0.5, 0.6) is 0 Å². The average molecular weight is 292 g/mol. The smallest absolute Gasteiger partial charge is 0.315 e. The summed E-state index contributed by atoms with van der Waals surface area (Å²) in [6, 6.07) is 10.0. The molecule has 0 bridgehead atoms. The van der Waals surface area contributed by atoms with Crippen molar-refractivity contribution in [3.63, 3.8) is 0 Å². The van der Waals surface area contributed by atoms with E-state index in [-0.39, 0.29) is 30.0 Å². The third-order valence-corrected chi connectivity index (χ3v) is 4.18. The van der Waals surface area contributed by atoms with Gasteiger partial charge in [0, 0.05) is 24.6 Å². The van der Waals surface area contributed by atoms with Crippen molar-refractivity contribution in [2.24, 2.45) is 5.92 Å². The monoisotopic (exact) mass is 292 g/mol. The van der Waals surface area contributed by atoms with Crippen molar-refractivity contribution in [2.75, 3.05) is 13.2 Å². The lowest BCUT2D eigenvalue weighted by Gasteiger charge is -2.33. The average Bonchev–Trinajstić information content (AvgIpc) is 2.46. The molecule has 0 heterocycles. The lowest BCUT2D eigenvalue weighted by molar-refractivity contribution is 0.225. The topological polar surface area (TPSA) is 61.4 Å². The van der Waals surface area contributed by atoms with Crippen molar-refractivity contribution < 1.29 is 9.90 Å². The highest BCUT2D eigenvalue weighted by molar-refractivity contribution is 5.74. The Labute approximate surface area is 128 Å². The molecule has 1 aromatic carbocycles. The number of amides is 2. The fraction of sp³-hybridized carbons (Fsp3) is 0.588. The standard InChI is InChI=1S/C17H28N2O2/c1-13(10-11-20)12-18-16(21)19-14(2)17(3,4)15-8-6-5-7-9-15/h5-9,13-14,20H,10-12H2,1-4H3,(H2,18,19,21). The van der Waals surface area contributed by atoms with E-state index in [1.807, 2.05) is 32.0 Å². The van der Waals surface area contributed by atoms with Gasteiger partial charge in [-0.15, -0.1) is 0 Å². The minimum Gasteiger partial charge on any atom is -0.396 e. The first-order chi connectivity index (χ1) is 9.87. The molecule has 3 N–H and O–H groups in total. The molecule has 118 valence electrons. The molecule has 0 aromatic heterocycles. The van der Waals surface area contributed by atoms with Crippen LogP contribution in [0.25, 0.3) is 0 Å². The van der Waals surface area contributed by atoms with E-state index in [2.05, 4.69) is 36.6 Å². The molecule has 2 unspecified atom stereocenters. The van der Waals surface area contributed by atoms with Gasteiger partial charge in [0.25, 0.3) is 0 Å². The SMILES string of the molecule is CC(CCO)CNC(=O)NC(C)C(C)(C)c1ccccc1. The highest BCUT2D eigenvalue weighted by Gasteiger charge is 2.28. The second kappa shape index (κ2) is 8.03. The van der Waals surface area contributed by atoms with Gasteiger partial charge in [-0.3, -0.25) is 0 Å². The first-order valence-electron chi connectivity index (χ1n) is 7.58. The zero-order chi connectivity index (χ0) is 15.9. The third kappa shape index (κ3) is 5.38. The lowest BCUT2D eigenvalue weighted by Crippen LogP contribution is -2.49. The van der Waals surface area contributed by atoms with Gasteiger partial charge >= 0.3 is 6.03 Å². The number of hydrogen-bond donors (Lipinski definition) is 3. The quantitative estimate of drug-likeness (QED) is 0.723. The fourth-order valence-corrected chi connectivity index (χ4v) is 2.14. The molecule has 2 amide bonds. The molecule has 4 heteroatoms. The number of nitrogens with one attached hydrogen (secondary N) is 2. The summed E-state index contributed by atoms with van der Waals surface area (Å²) in [5.41, 5.74) is 1.06. The number of urea groups is 1. The van der Waals surface area contributed by atoms with Gasteiger partial charge in [-0.25, -0.2) is 4.79 Å². The zero-order valence-electron chi connectivity index (χ0n) is 13.5. The normalized spacial score (nSPS) is 14.3. The largest absolute Gasteiger partial charge is 0.396 e. The molecular weight excluding hydrogens is 264 g/mol. The van der Waals surface area contributed by atoms with Crippen LogP contribution in [-0.4, -0.2) is 30.3 Å². The van der Waals surface area contributed by atoms with Crippen LogP contribution in [0.1, 0.15) is 39.7 Å². The molecule has 21 heavy (non-hydrogen) atoms. The molecule has 0 aliphatic heterocycles. The van der Waals surface area contributed by atoms with Crippen LogP contribution in [0.2, 0.25) is 0 Å². The minimum absolute atomic E-state index is 0.00745. The Morgan fingerprint density at radius 2 is 1.86 bits per heavy atom. The molecule has 4 nitrogen and oxygen atoms in total. The molecule has 1 rings (SSSR count). The van der Waals surface area contributed by atoms with Gasteiger partial charge in [0.05, 0.1) is 0 Å². The van der Waals surface area contributed by atoms with Gasteiger partial charge in [-0.1, -0.05) is 51.1 Å². The van der Waals surface area contributed by atoms with Crippen molar-refractivity contribution in [3.05, 3.63) is 35.9 Å². The number of carbonyl (C=O) groups excluding carboxylic acids is 1. The number of aliphatic hydroxyl groups is 1. The second-order valence-corrected chi connectivity index (χ2v) is 6.28. The third-order valence-electron chi connectivity index (χ3n) is 4.18. The molecule has 2 atom stereocenters. The Bertz CT molecular complexity index is 432. The number of aliphatic hydroxyl groups excluding tert-OH is 1. The maximum absolute atomic E-state index is 12.0. The van der Waals surface area contributed by atoms with E-state index in [0.29, 0.717) is 13.0 Å². The predicted octanol–water partition coefficient (Wildman–Crippen LogP) is 2.67. The molecule has 0 fully saturated rings. The predicted molar refractivity (Wildman–Crippen MR) is 86.3 cm³/mol. The number of carbonyl (C=O) groups is 1. The molecule has 0 spiro atoms. The maximum atomic E-state index is 12.0. The summed E-state index contributed by atoms with van der Waals surface area (Å²) in [4.78, 5) is 12.0. The first-order valence-corrected chi connectivity index (χ1v) is 7.58. The van der Waals surface area contributed by atoms with Crippen LogP contribution < -0.4 is 10.6 Å². The Balaban J connectivity index is 2.52. The van der Waals surface area contributed by atoms with Gasteiger partial charge < -0.3 is 15.7 Å². The Hall–Kier alpha value is -1.55. The summed E-state index contributed by atoms with van der Waals surface area (Å²) in [6.07, 6.45) is 0.700. The van der Waals surface area contributed by atoms with Crippen LogP contribution in [0, 0.1) is 5.92 Å². The van der Waals surface area contributed by atoms with Crippen LogP contribution in [0.4, 0.5) is 4.79 Å². The number of benzene rings is 1. The molecule has 1 aromatic rings. The number of hydrogen-bond acceptors (Lipinski definition) is 2. The number of rotatable bonds is 7. The van der Waals surface area contributed by atoms with E-state index in [4.69, 9.17) is 5.11 Å². The van der Waals surface area contributed by atoms with E-state index in [9.17, 15) is 4.79 Å². The van der Waals surface area contributed by atoms with Gasteiger partial charge in [-0.05, 0) is 24.8 Å². The van der Waals surface area contributed by atoms with Crippen molar-refractivity contribution in [1.29, 1.82) is 0 Å². The highest BCUT2D eigenvalue weighted by Crippen LogP contribution is 2.26. The van der Waals surface area contributed by atoms with E-state index >= 15 is 0 Å². The first kappa shape index (κ1) is 17.5. The van der Waals surface area contributed by atoms with Crippen molar-refractivity contribution >= 4 is 6.03 Å². The zero-order valence-corrected chi connectivity index (χ0v) is 13.5. The van der Waals surface area contributed by atoms with Crippen LogP contribution in [0.3, 0.4) is 0 Å². The summed E-state index contributed by atoms with van der Waals surface area (Å²) >= 11 is 0. The van der Waals surface area contributed by atoms with Crippen LogP contribution >= 0.6 is 0 Å². The molecule has 0 aliphatic rings. The maximum Gasteiger partial charge on any atom is 0.315 e. The highest BCUT2D eigenvalue weighted by atomic mass is 16.3.